The minimum Gasteiger partial charge on any atom is -0.467 e. The van der Waals surface area contributed by atoms with E-state index in [4.69, 9.17) is 4.42 Å². The molecular formula is C15H19NO3S. The monoisotopic (exact) mass is 293 g/mol. The highest BCUT2D eigenvalue weighted by Crippen LogP contribution is 2.23. The quantitative estimate of drug-likeness (QED) is 0.853. The van der Waals surface area contributed by atoms with Gasteiger partial charge in [-0.1, -0.05) is 43.7 Å². The SMILES string of the molecule is CCCCS(=O)(=O)NC(c1ccccc1)c1ccco1. The summed E-state index contributed by atoms with van der Waals surface area (Å²) in [6.07, 6.45) is 3.04. The van der Waals surface area contributed by atoms with E-state index in [2.05, 4.69) is 4.72 Å². The van der Waals surface area contributed by atoms with Gasteiger partial charge >= 0.3 is 0 Å². The Morgan fingerprint density at radius 2 is 1.90 bits per heavy atom. The van der Waals surface area contributed by atoms with E-state index in [-0.39, 0.29) is 5.75 Å². The van der Waals surface area contributed by atoms with Crippen molar-refractivity contribution in [1.29, 1.82) is 0 Å². The first-order valence-corrected chi connectivity index (χ1v) is 8.36. The van der Waals surface area contributed by atoms with Gasteiger partial charge in [0.1, 0.15) is 11.8 Å². The second kappa shape index (κ2) is 6.72. The fraction of sp³-hybridized carbons (Fsp3) is 0.333. The molecule has 1 heterocycles. The molecule has 0 saturated heterocycles. The molecule has 1 N–H and O–H groups in total. The predicted molar refractivity (Wildman–Crippen MR) is 78.8 cm³/mol. The second-order valence-electron chi connectivity index (χ2n) is 4.65. The predicted octanol–water partition coefficient (Wildman–Crippen LogP) is 3.09. The maximum Gasteiger partial charge on any atom is 0.212 e. The fourth-order valence-corrected chi connectivity index (χ4v) is 3.36. The van der Waals surface area contributed by atoms with Crippen LogP contribution in [0.15, 0.2) is 53.1 Å². The summed E-state index contributed by atoms with van der Waals surface area (Å²) >= 11 is 0. The number of furan rings is 1. The largest absolute Gasteiger partial charge is 0.467 e. The summed E-state index contributed by atoms with van der Waals surface area (Å²) in [4.78, 5) is 0. The Bertz CT molecular complexity index is 606. The summed E-state index contributed by atoms with van der Waals surface area (Å²) < 4.78 is 32.3. The van der Waals surface area contributed by atoms with Gasteiger partial charge in [0.15, 0.2) is 0 Å². The van der Waals surface area contributed by atoms with E-state index in [1.807, 2.05) is 37.3 Å². The number of nitrogens with one attached hydrogen (secondary N) is 1. The van der Waals surface area contributed by atoms with E-state index in [0.29, 0.717) is 12.2 Å². The van der Waals surface area contributed by atoms with Gasteiger partial charge < -0.3 is 4.42 Å². The molecule has 0 radical (unpaired) electrons. The first-order chi connectivity index (χ1) is 9.62. The lowest BCUT2D eigenvalue weighted by atomic mass is 10.1. The highest BCUT2D eigenvalue weighted by molar-refractivity contribution is 7.89. The van der Waals surface area contributed by atoms with E-state index in [9.17, 15) is 8.42 Å². The Morgan fingerprint density at radius 3 is 2.50 bits per heavy atom. The average Bonchev–Trinajstić information content (AvgIpc) is 2.98. The molecule has 2 rings (SSSR count). The van der Waals surface area contributed by atoms with Crippen molar-refractivity contribution in [1.82, 2.24) is 4.72 Å². The van der Waals surface area contributed by atoms with Gasteiger partial charge in [-0.3, -0.25) is 0 Å². The highest BCUT2D eigenvalue weighted by atomic mass is 32.2. The summed E-state index contributed by atoms with van der Waals surface area (Å²) in [5, 5.41) is 0. The van der Waals surface area contributed by atoms with E-state index in [1.54, 1.807) is 18.4 Å². The van der Waals surface area contributed by atoms with Crippen molar-refractivity contribution in [3.8, 4) is 0 Å². The number of sulfonamides is 1. The van der Waals surface area contributed by atoms with Crippen LogP contribution in [0.4, 0.5) is 0 Å². The molecule has 1 atom stereocenters. The Kier molecular flexibility index (Phi) is 4.98. The molecule has 0 spiro atoms. The standard InChI is InChI=1S/C15H19NO3S/c1-2-3-12-20(17,18)16-15(14-10-7-11-19-14)13-8-5-4-6-9-13/h4-11,15-16H,2-3,12H2,1H3. The summed E-state index contributed by atoms with van der Waals surface area (Å²) in [6.45, 7) is 1.97. The maximum atomic E-state index is 12.1. The van der Waals surface area contributed by atoms with E-state index in [0.717, 1.165) is 12.0 Å². The second-order valence-corrected chi connectivity index (χ2v) is 6.52. The lowest BCUT2D eigenvalue weighted by molar-refractivity contribution is 0.471. The molecule has 0 fully saturated rings. The van der Waals surface area contributed by atoms with Crippen molar-refractivity contribution in [3.63, 3.8) is 0 Å². The first-order valence-electron chi connectivity index (χ1n) is 6.71. The van der Waals surface area contributed by atoms with Crippen molar-refractivity contribution >= 4 is 10.0 Å². The van der Waals surface area contributed by atoms with Crippen LogP contribution in [0.5, 0.6) is 0 Å². The molecule has 0 aliphatic heterocycles. The molecular weight excluding hydrogens is 274 g/mol. The molecule has 4 nitrogen and oxygen atoms in total. The van der Waals surface area contributed by atoms with Crippen LogP contribution in [0, 0.1) is 0 Å². The normalized spacial score (nSPS) is 13.2. The molecule has 5 heteroatoms. The minimum atomic E-state index is -3.33. The van der Waals surface area contributed by atoms with Gasteiger partial charge in [0.05, 0.1) is 12.0 Å². The molecule has 0 bridgehead atoms. The van der Waals surface area contributed by atoms with Gasteiger partial charge in [-0.25, -0.2) is 13.1 Å². The molecule has 0 amide bonds. The topological polar surface area (TPSA) is 59.3 Å². The van der Waals surface area contributed by atoms with Crippen LogP contribution in [0.25, 0.3) is 0 Å². The van der Waals surface area contributed by atoms with Gasteiger partial charge in [0.25, 0.3) is 0 Å². The summed E-state index contributed by atoms with van der Waals surface area (Å²) in [6, 6.07) is 12.5. The third kappa shape index (κ3) is 3.95. The number of rotatable bonds is 7. The van der Waals surface area contributed by atoms with Gasteiger partial charge in [0.2, 0.25) is 10.0 Å². The van der Waals surface area contributed by atoms with Crippen molar-refractivity contribution in [2.45, 2.75) is 25.8 Å². The van der Waals surface area contributed by atoms with Crippen molar-refractivity contribution in [3.05, 3.63) is 60.1 Å². The number of unbranched alkanes of at least 4 members (excludes halogenated alkanes) is 1. The zero-order valence-electron chi connectivity index (χ0n) is 11.5. The third-order valence-corrected chi connectivity index (χ3v) is 4.45. The van der Waals surface area contributed by atoms with Gasteiger partial charge in [-0.15, -0.1) is 0 Å². The molecule has 1 aromatic heterocycles. The lowest BCUT2D eigenvalue weighted by Gasteiger charge is -2.17. The van der Waals surface area contributed by atoms with Crippen LogP contribution < -0.4 is 4.72 Å². The Morgan fingerprint density at radius 1 is 1.15 bits per heavy atom. The average molecular weight is 293 g/mol. The van der Waals surface area contributed by atoms with Crippen LogP contribution in [-0.4, -0.2) is 14.2 Å². The number of hydrogen-bond acceptors (Lipinski definition) is 3. The summed E-state index contributed by atoms with van der Waals surface area (Å²) in [5.74, 6) is 0.726. The van der Waals surface area contributed by atoms with Crippen molar-refractivity contribution < 1.29 is 12.8 Å². The van der Waals surface area contributed by atoms with Crippen LogP contribution in [0.1, 0.15) is 37.1 Å². The Labute approximate surface area is 119 Å². The number of hydrogen-bond donors (Lipinski definition) is 1. The zero-order valence-corrected chi connectivity index (χ0v) is 12.3. The number of benzene rings is 1. The lowest BCUT2D eigenvalue weighted by Crippen LogP contribution is -2.31. The van der Waals surface area contributed by atoms with Gasteiger partial charge in [0, 0.05) is 0 Å². The van der Waals surface area contributed by atoms with Crippen molar-refractivity contribution in [2.24, 2.45) is 0 Å². The molecule has 20 heavy (non-hydrogen) atoms. The van der Waals surface area contributed by atoms with Crippen molar-refractivity contribution in [2.75, 3.05) is 5.75 Å². The molecule has 108 valence electrons. The Hall–Kier alpha value is -1.59. The molecule has 1 unspecified atom stereocenters. The van der Waals surface area contributed by atoms with Gasteiger partial charge in [-0.2, -0.15) is 0 Å². The molecule has 2 aromatic rings. The third-order valence-electron chi connectivity index (χ3n) is 3.02. The van der Waals surface area contributed by atoms with Gasteiger partial charge in [-0.05, 0) is 24.1 Å². The highest BCUT2D eigenvalue weighted by Gasteiger charge is 2.22. The fourth-order valence-electron chi connectivity index (χ4n) is 1.96. The Balaban J connectivity index is 2.25. The van der Waals surface area contributed by atoms with Crippen LogP contribution >= 0.6 is 0 Å². The summed E-state index contributed by atoms with van der Waals surface area (Å²) in [7, 11) is -3.33. The molecule has 0 saturated carbocycles. The zero-order chi connectivity index (χ0) is 14.4. The summed E-state index contributed by atoms with van der Waals surface area (Å²) in [5.41, 5.74) is 0.863. The van der Waals surface area contributed by atoms with Crippen LogP contribution in [0.2, 0.25) is 0 Å². The minimum absolute atomic E-state index is 0.132. The van der Waals surface area contributed by atoms with Crippen LogP contribution in [-0.2, 0) is 10.0 Å². The molecule has 0 aliphatic carbocycles. The smallest absolute Gasteiger partial charge is 0.212 e. The van der Waals surface area contributed by atoms with E-state index >= 15 is 0 Å². The molecule has 1 aromatic carbocycles. The van der Waals surface area contributed by atoms with E-state index < -0.39 is 16.1 Å². The van der Waals surface area contributed by atoms with Crippen LogP contribution in [0.3, 0.4) is 0 Å². The first kappa shape index (κ1) is 14.8. The maximum absolute atomic E-state index is 12.1. The van der Waals surface area contributed by atoms with E-state index in [1.165, 1.54) is 0 Å². The molecule has 0 aliphatic rings.